The Kier molecular flexibility index (Phi) is 5.29. The van der Waals surface area contributed by atoms with Gasteiger partial charge in [0, 0.05) is 14.8 Å². The van der Waals surface area contributed by atoms with Crippen LogP contribution >= 0.6 is 43.2 Å². The fourth-order valence-electron chi connectivity index (χ4n) is 1.38. The van der Waals surface area contributed by atoms with Gasteiger partial charge in [0.05, 0.1) is 3.79 Å². The Labute approximate surface area is 113 Å². The summed E-state index contributed by atoms with van der Waals surface area (Å²) < 4.78 is 2.35. The van der Waals surface area contributed by atoms with Crippen LogP contribution in [0.5, 0.6) is 0 Å². The Morgan fingerprint density at radius 2 is 2.07 bits per heavy atom. The van der Waals surface area contributed by atoms with Crippen molar-refractivity contribution in [3.63, 3.8) is 0 Å². The van der Waals surface area contributed by atoms with Crippen molar-refractivity contribution in [1.82, 2.24) is 5.32 Å². The zero-order chi connectivity index (χ0) is 11.5. The van der Waals surface area contributed by atoms with Crippen LogP contribution in [0, 0.1) is 0 Å². The van der Waals surface area contributed by atoms with Crippen molar-refractivity contribution in [3.8, 4) is 0 Å². The Bertz CT molecular complexity index is 301. The Morgan fingerprint density at radius 3 is 2.53 bits per heavy atom. The largest absolute Gasteiger partial charge is 0.317 e. The van der Waals surface area contributed by atoms with E-state index in [9.17, 15) is 0 Å². The van der Waals surface area contributed by atoms with Crippen molar-refractivity contribution in [2.75, 3.05) is 13.1 Å². The highest BCUT2D eigenvalue weighted by atomic mass is 79.9. The summed E-state index contributed by atoms with van der Waals surface area (Å²) in [6.45, 7) is 8.87. The molecule has 1 heterocycles. The van der Waals surface area contributed by atoms with E-state index in [1.165, 1.54) is 19.6 Å². The summed E-state index contributed by atoms with van der Waals surface area (Å²) in [7, 11) is 0. The second-order valence-electron chi connectivity index (χ2n) is 4.22. The zero-order valence-electron chi connectivity index (χ0n) is 9.36. The molecule has 0 aromatic carbocycles. The first-order valence-electron chi connectivity index (χ1n) is 5.13. The number of hydrogen-bond donors (Lipinski definition) is 1. The Balaban J connectivity index is 2.67. The molecule has 0 bridgehead atoms. The zero-order valence-corrected chi connectivity index (χ0v) is 13.4. The molecule has 0 spiro atoms. The van der Waals surface area contributed by atoms with Crippen molar-refractivity contribution in [1.29, 1.82) is 0 Å². The molecule has 0 aliphatic rings. The van der Waals surface area contributed by atoms with E-state index < -0.39 is 0 Å². The lowest BCUT2D eigenvalue weighted by Crippen LogP contribution is -2.24. The van der Waals surface area contributed by atoms with Gasteiger partial charge in [0.15, 0.2) is 0 Å². The van der Waals surface area contributed by atoms with Crippen LogP contribution in [0.1, 0.15) is 32.1 Å². The van der Waals surface area contributed by atoms with Crippen molar-refractivity contribution in [2.45, 2.75) is 32.6 Å². The lowest BCUT2D eigenvalue weighted by molar-refractivity contribution is 0.469. The van der Waals surface area contributed by atoms with Crippen LogP contribution < -0.4 is 5.32 Å². The fourth-order valence-corrected chi connectivity index (χ4v) is 3.55. The average Bonchev–Trinajstić information content (AvgIpc) is 2.48. The number of hydrogen-bond acceptors (Lipinski definition) is 2. The number of nitrogens with one attached hydrogen (secondary N) is 1. The number of rotatable bonds is 5. The quantitative estimate of drug-likeness (QED) is 0.765. The van der Waals surface area contributed by atoms with Crippen molar-refractivity contribution < 1.29 is 0 Å². The molecule has 1 N–H and O–H groups in total. The summed E-state index contributed by atoms with van der Waals surface area (Å²) in [6, 6.07) is 2.22. The molecule has 0 aliphatic heterocycles. The minimum absolute atomic E-state index is 0.251. The molecule has 0 fully saturated rings. The monoisotopic (exact) mass is 353 g/mol. The van der Waals surface area contributed by atoms with Gasteiger partial charge in [-0.25, -0.2) is 0 Å². The SMILES string of the molecule is CCNCCC(C)(C)c1cc(Br)c(Br)s1. The molecule has 1 rings (SSSR count). The van der Waals surface area contributed by atoms with Crippen LogP contribution in [0.4, 0.5) is 0 Å². The van der Waals surface area contributed by atoms with Crippen LogP contribution in [0.2, 0.25) is 0 Å². The van der Waals surface area contributed by atoms with Gasteiger partial charge in [0.1, 0.15) is 0 Å². The van der Waals surface area contributed by atoms with E-state index in [4.69, 9.17) is 0 Å². The topological polar surface area (TPSA) is 12.0 Å². The van der Waals surface area contributed by atoms with E-state index in [0.29, 0.717) is 0 Å². The van der Waals surface area contributed by atoms with E-state index in [2.05, 4.69) is 64.0 Å². The van der Waals surface area contributed by atoms with Gasteiger partial charge >= 0.3 is 0 Å². The highest BCUT2D eigenvalue weighted by Gasteiger charge is 2.23. The van der Waals surface area contributed by atoms with Crippen LogP contribution in [0.25, 0.3) is 0 Å². The van der Waals surface area contributed by atoms with Gasteiger partial charge in [-0.2, -0.15) is 0 Å². The van der Waals surface area contributed by atoms with E-state index in [0.717, 1.165) is 13.1 Å². The highest BCUT2D eigenvalue weighted by Crippen LogP contribution is 2.39. The molecule has 0 saturated heterocycles. The van der Waals surface area contributed by atoms with Gasteiger partial charge in [-0.1, -0.05) is 20.8 Å². The van der Waals surface area contributed by atoms with E-state index in [1.807, 2.05) is 11.3 Å². The van der Waals surface area contributed by atoms with Gasteiger partial charge in [-0.15, -0.1) is 11.3 Å². The lowest BCUT2D eigenvalue weighted by Gasteiger charge is -2.23. The second kappa shape index (κ2) is 5.80. The third-order valence-corrected chi connectivity index (χ3v) is 6.11. The minimum atomic E-state index is 0.251. The van der Waals surface area contributed by atoms with Gasteiger partial charge in [-0.3, -0.25) is 0 Å². The molecule has 4 heteroatoms. The smallest absolute Gasteiger partial charge is 0.0843 e. The first-order valence-corrected chi connectivity index (χ1v) is 7.53. The molecule has 1 nitrogen and oxygen atoms in total. The molecule has 0 amide bonds. The summed E-state index contributed by atoms with van der Waals surface area (Å²) in [4.78, 5) is 1.43. The van der Waals surface area contributed by atoms with Crippen LogP contribution in [-0.2, 0) is 5.41 Å². The van der Waals surface area contributed by atoms with Gasteiger partial charge < -0.3 is 5.32 Å². The maximum atomic E-state index is 3.55. The van der Waals surface area contributed by atoms with Gasteiger partial charge in [0.2, 0.25) is 0 Å². The summed E-state index contributed by atoms with van der Waals surface area (Å²) in [6.07, 6.45) is 1.17. The Hall–Kier alpha value is 0.620. The highest BCUT2D eigenvalue weighted by molar-refractivity contribution is 9.13. The first-order chi connectivity index (χ1) is 6.97. The molecular formula is C11H17Br2NS. The van der Waals surface area contributed by atoms with E-state index >= 15 is 0 Å². The van der Waals surface area contributed by atoms with Crippen LogP contribution in [0.3, 0.4) is 0 Å². The predicted molar refractivity (Wildman–Crippen MR) is 75.9 cm³/mol. The minimum Gasteiger partial charge on any atom is -0.317 e. The number of thiophene rings is 1. The van der Waals surface area contributed by atoms with E-state index in [-0.39, 0.29) is 5.41 Å². The van der Waals surface area contributed by atoms with Crippen LogP contribution in [-0.4, -0.2) is 13.1 Å². The molecule has 1 aromatic heterocycles. The molecular weight excluding hydrogens is 338 g/mol. The third kappa shape index (κ3) is 3.84. The van der Waals surface area contributed by atoms with Crippen LogP contribution in [0.15, 0.2) is 14.3 Å². The molecule has 0 atom stereocenters. The maximum absolute atomic E-state index is 3.55. The molecule has 15 heavy (non-hydrogen) atoms. The standard InChI is InChI=1S/C11H17Br2NS/c1-4-14-6-5-11(2,3)9-7-8(12)10(13)15-9/h7,14H,4-6H2,1-3H3. The average molecular weight is 355 g/mol. The maximum Gasteiger partial charge on any atom is 0.0843 e. The third-order valence-electron chi connectivity index (χ3n) is 2.49. The predicted octanol–water partition coefficient (Wildman–Crippen LogP) is 4.55. The Morgan fingerprint density at radius 1 is 1.40 bits per heavy atom. The summed E-state index contributed by atoms with van der Waals surface area (Å²) in [5.74, 6) is 0. The van der Waals surface area contributed by atoms with Crippen molar-refractivity contribution >= 4 is 43.2 Å². The molecule has 0 unspecified atom stereocenters. The number of halogens is 2. The summed E-state index contributed by atoms with van der Waals surface area (Å²) >= 11 is 8.91. The van der Waals surface area contributed by atoms with Crippen molar-refractivity contribution in [3.05, 3.63) is 19.2 Å². The molecule has 1 aromatic rings. The molecule has 0 radical (unpaired) electrons. The lowest BCUT2D eigenvalue weighted by atomic mass is 9.87. The normalized spacial score (nSPS) is 12.1. The van der Waals surface area contributed by atoms with Crippen molar-refractivity contribution in [2.24, 2.45) is 0 Å². The molecule has 0 aliphatic carbocycles. The summed E-state index contributed by atoms with van der Waals surface area (Å²) in [5, 5.41) is 3.38. The van der Waals surface area contributed by atoms with Gasteiger partial charge in [-0.05, 0) is 57.4 Å². The van der Waals surface area contributed by atoms with Gasteiger partial charge in [0.25, 0.3) is 0 Å². The summed E-state index contributed by atoms with van der Waals surface area (Å²) in [5.41, 5.74) is 0.251. The van der Waals surface area contributed by atoms with E-state index in [1.54, 1.807) is 0 Å². The second-order valence-corrected chi connectivity index (χ2v) is 7.44. The molecule has 0 saturated carbocycles. The molecule has 86 valence electrons. The fraction of sp³-hybridized carbons (Fsp3) is 0.636. The first kappa shape index (κ1) is 13.7.